The van der Waals surface area contributed by atoms with Gasteiger partial charge in [-0.1, -0.05) is 0 Å². The van der Waals surface area contributed by atoms with E-state index in [-0.39, 0.29) is 11.4 Å². The van der Waals surface area contributed by atoms with E-state index in [0.29, 0.717) is 4.68 Å². The summed E-state index contributed by atoms with van der Waals surface area (Å²) in [6.07, 6.45) is 0. The van der Waals surface area contributed by atoms with Gasteiger partial charge in [-0.3, -0.25) is 19.0 Å². The molecule has 0 atom stereocenters. The molecule has 3 rings (SSSR count). The van der Waals surface area contributed by atoms with Crippen LogP contribution in [-0.2, 0) is 20.2 Å². The van der Waals surface area contributed by atoms with Gasteiger partial charge in [-0.05, 0) is 42.5 Å². The number of aromatic carboxylic acids is 1. The zero-order valence-electron chi connectivity index (χ0n) is 15.6. The summed E-state index contributed by atoms with van der Waals surface area (Å²) in [5.41, 5.74) is 2.70. The molecule has 0 saturated carbocycles. The molecule has 0 aliphatic heterocycles. The van der Waals surface area contributed by atoms with Crippen molar-refractivity contribution in [1.82, 2.24) is 9.78 Å². The highest BCUT2D eigenvalue weighted by molar-refractivity contribution is 7.86. The van der Waals surface area contributed by atoms with Crippen molar-refractivity contribution in [1.29, 1.82) is 0 Å². The Kier molecular flexibility index (Phi) is 5.71. The third kappa shape index (κ3) is 4.57. The fourth-order valence-corrected chi connectivity index (χ4v) is 3.64. The minimum absolute atomic E-state index is 0.00562. The van der Waals surface area contributed by atoms with Crippen LogP contribution in [0.2, 0.25) is 0 Å². The smallest absolute Gasteiger partial charge is 0.356 e. The first-order chi connectivity index (χ1) is 14.8. The van der Waals surface area contributed by atoms with Gasteiger partial charge in [0.15, 0.2) is 11.4 Å². The molecule has 0 aliphatic carbocycles. The third-order valence-corrected chi connectivity index (χ3v) is 5.76. The molecule has 0 fully saturated rings. The summed E-state index contributed by atoms with van der Waals surface area (Å²) >= 11 is 0. The number of anilines is 1. The molecule has 16 heteroatoms. The van der Waals surface area contributed by atoms with Gasteiger partial charge in [-0.15, -0.1) is 10.2 Å². The Morgan fingerprint density at radius 1 is 0.969 bits per heavy atom. The van der Waals surface area contributed by atoms with Crippen LogP contribution in [-0.4, -0.2) is 46.8 Å². The van der Waals surface area contributed by atoms with Crippen molar-refractivity contribution < 1.29 is 35.8 Å². The fourth-order valence-electron chi connectivity index (χ4n) is 2.55. The molecule has 1 heterocycles. The maximum atomic E-state index is 12.7. The lowest BCUT2D eigenvalue weighted by Gasteiger charge is -2.02. The zero-order chi connectivity index (χ0) is 23.8. The van der Waals surface area contributed by atoms with E-state index < -0.39 is 58.6 Å². The molecule has 0 spiro atoms. The van der Waals surface area contributed by atoms with Crippen molar-refractivity contribution >= 4 is 43.3 Å². The summed E-state index contributed by atoms with van der Waals surface area (Å²) in [5.74, 6) is -1.60. The van der Waals surface area contributed by atoms with Gasteiger partial charge in [-0.2, -0.15) is 16.8 Å². The van der Waals surface area contributed by atoms with Crippen LogP contribution in [0.4, 0.5) is 17.1 Å². The second-order valence-corrected chi connectivity index (χ2v) is 8.96. The Bertz CT molecular complexity index is 1520. The number of rotatable bonds is 6. The normalized spacial score (nSPS) is 12.3. The van der Waals surface area contributed by atoms with Crippen LogP contribution in [0.25, 0.3) is 5.69 Å². The molecular formula is C16H13N5O9S2. The van der Waals surface area contributed by atoms with Crippen LogP contribution in [0.1, 0.15) is 10.5 Å². The second kappa shape index (κ2) is 8.00. The van der Waals surface area contributed by atoms with E-state index in [1.807, 2.05) is 0 Å². The van der Waals surface area contributed by atoms with Crippen molar-refractivity contribution in [3.05, 3.63) is 58.5 Å². The molecular weight excluding hydrogens is 470 g/mol. The third-order valence-electron chi connectivity index (χ3n) is 3.99. The number of nitrogens with one attached hydrogen (secondary N) is 1. The van der Waals surface area contributed by atoms with E-state index >= 15 is 0 Å². The average Bonchev–Trinajstić information content (AvgIpc) is 3.01. The molecule has 32 heavy (non-hydrogen) atoms. The van der Waals surface area contributed by atoms with E-state index in [0.717, 1.165) is 36.4 Å². The number of aromatic amines is 1. The van der Waals surface area contributed by atoms with E-state index in [9.17, 15) is 36.1 Å². The van der Waals surface area contributed by atoms with E-state index in [4.69, 9.17) is 10.3 Å². The van der Waals surface area contributed by atoms with E-state index in [2.05, 4.69) is 15.3 Å². The van der Waals surface area contributed by atoms with E-state index in [1.165, 1.54) is 6.07 Å². The first-order valence-corrected chi connectivity index (χ1v) is 11.1. The number of aromatic nitrogens is 2. The molecule has 0 aliphatic rings. The number of benzene rings is 2. The number of carboxylic acid groups (broad SMARTS) is 1. The quantitative estimate of drug-likeness (QED) is 0.192. The lowest BCUT2D eigenvalue weighted by Crippen LogP contribution is -2.14. The van der Waals surface area contributed by atoms with Crippen LogP contribution in [0, 0.1) is 0 Å². The summed E-state index contributed by atoms with van der Waals surface area (Å²) in [6.45, 7) is 0. The van der Waals surface area contributed by atoms with Crippen molar-refractivity contribution in [3.8, 4) is 5.69 Å². The molecule has 0 saturated heterocycles. The molecule has 1 aromatic heterocycles. The number of nitrogens with zero attached hydrogens (tertiary/aromatic N) is 3. The number of hydrogen-bond acceptors (Lipinski definition) is 9. The fraction of sp³-hybridized carbons (Fsp3) is 0. The maximum absolute atomic E-state index is 12.7. The van der Waals surface area contributed by atoms with Gasteiger partial charge in [0, 0.05) is 5.69 Å². The molecule has 3 aromatic rings. The summed E-state index contributed by atoms with van der Waals surface area (Å²) in [7, 11) is -9.22. The maximum Gasteiger partial charge on any atom is 0.356 e. The molecule has 168 valence electrons. The number of nitrogen functional groups attached to an aromatic ring is 1. The molecule has 0 amide bonds. The topological polar surface area (TPSA) is 235 Å². The van der Waals surface area contributed by atoms with Crippen LogP contribution in [0.3, 0.4) is 0 Å². The first-order valence-electron chi connectivity index (χ1n) is 8.24. The van der Waals surface area contributed by atoms with Gasteiger partial charge in [-0.25, -0.2) is 9.48 Å². The summed E-state index contributed by atoms with van der Waals surface area (Å²) in [6, 6.07) is 7.33. The minimum Gasteiger partial charge on any atom is -0.476 e. The van der Waals surface area contributed by atoms with Crippen molar-refractivity contribution in [2.45, 2.75) is 9.79 Å². The van der Waals surface area contributed by atoms with Crippen molar-refractivity contribution in [3.63, 3.8) is 0 Å². The monoisotopic (exact) mass is 483 g/mol. The average molecular weight is 483 g/mol. The predicted octanol–water partition coefficient (Wildman–Crippen LogP) is 1.35. The number of nitrogens with two attached hydrogens (primary N) is 1. The number of carbonyl (C=O) groups is 1. The largest absolute Gasteiger partial charge is 0.476 e. The van der Waals surface area contributed by atoms with Crippen molar-refractivity contribution in [2.75, 3.05) is 5.73 Å². The van der Waals surface area contributed by atoms with Crippen molar-refractivity contribution in [2.24, 2.45) is 10.2 Å². The zero-order valence-corrected chi connectivity index (χ0v) is 17.2. The Hall–Kier alpha value is -3.86. The van der Waals surface area contributed by atoms with Gasteiger partial charge in [0.25, 0.3) is 25.8 Å². The minimum atomic E-state index is -4.73. The molecule has 2 aromatic carbocycles. The van der Waals surface area contributed by atoms with Gasteiger partial charge in [0.1, 0.15) is 10.6 Å². The van der Waals surface area contributed by atoms with E-state index in [1.54, 1.807) is 0 Å². The van der Waals surface area contributed by atoms with Gasteiger partial charge >= 0.3 is 5.97 Å². The lowest BCUT2D eigenvalue weighted by atomic mass is 10.3. The Balaban J connectivity index is 2.14. The van der Waals surface area contributed by atoms with Gasteiger partial charge < -0.3 is 10.8 Å². The van der Waals surface area contributed by atoms with Crippen LogP contribution in [0.15, 0.2) is 67.3 Å². The van der Waals surface area contributed by atoms with Gasteiger partial charge in [0.05, 0.1) is 10.6 Å². The standard InChI is InChI=1S/C16H13N5O9S2/c17-8-1-6-12(32(28,29)30)11(7-8)18-19-13-14(16(23)24)20-21(15(13)22)9-2-4-10(5-3-9)31(25,26)27/h1-7,20H,17H2,(H,23,24)(H,25,26,27)(H,28,29,30). The Morgan fingerprint density at radius 2 is 1.59 bits per heavy atom. The number of hydrogen-bond donors (Lipinski definition) is 5. The van der Waals surface area contributed by atoms with Gasteiger partial charge in [0.2, 0.25) is 0 Å². The highest BCUT2D eigenvalue weighted by Gasteiger charge is 2.22. The first kappa shape index (κ1) is 22.8. The Labute approximate surface area is 179 Å². The summed E-state index contributed by atoms with van der Waals surface area (Å²) in [5, 5.41) is 18.7. The highest BCUT2D eigenvalue weighted by atomic mass is 32.2. The summed E-state index contributed by atoms with van der Waals surface area (Å²) < 4.78 is 64.3. The predicted molar refractivity (Wildman–Crippen MR) is 108 cm³/mol. The number of carboxylic acids is 1. The number of H-pyrrole nitrogens is 1. The Morgan fingerprint density at radius 3 is 2.12 bits per heavy atom. The molecule has 6 N–H and O–H groups in total. The highest BCUT2D eigenvalue weighted by Crippen LogP contribution is 2.28. The molecule has 0 unspecified atom stereocenters. The summed E-state index contributed by atoms with van der Waals surface area (Å²) in [4.78, 5) is 23.1. The van der Waals surface area contributed by atoms with Crippen LogP contribution >= 0.6 is 0 Å². The van der Waals surface area contributed by atoms with Crippen LogP contribution in [0.5, 0.6) is 0 Å². The lowest BCUT2D eigenvalue weighted by molar-refractivity contribution is 0.0690. The number of azo groups is 1. The van der Waals surface area contributed by atoms with Crippen LogP contribution < -0.4 is 11.3 Å². The second-order valence-electron chi connectivity index (χ2n) is 6.15. The molecule has 0 bridgehead atoms. The molecule has 14 nitrogen and oxygen atoms in total. The SMILES string of the molecule is Nc1ccc(S(=O)(=O)O)c(N=Nc2c(C(=O)O)[nH]n(-c3ccc(S(=O)(=O)O)cc3)c2=O)c1. The molecule has 0 radical (unpaired) electrons.